The Bertz CT molecular complexity index is 841. The number of fused-ring (bicyclic) bond motifs is 2. The van der Waals surface area contributed by atoms with E-state index in [4.69, 9.17) is 9.47 Å². The van der Waals surface area contributed by atoms with E-state index in [2.05, 4.69) is 6.92 Å². The smallest absolute Gasteiger partial charge is 0.313 e. The second-order valence-electron chi connectivity index (χ2n) is 9.71. The monoisotopic (exact) mass is 460 g/mol. The van der Waals surface area contributed by atoms with Crippen LogP contribution in [-0.2, 0) is 23.9 Å². The Labute approximate surface area is 195 Å². The Morgan fingerprint density at radius 3 is 2.58 bits per heavy atom. The number of esters is 1. The minimum absolute atomic E-state index is 0.0204. The maximum Gasteiger partial charge on any atom is 0.313 e. The molecular formula is C25H36N2O6. The van der Waals surface area contributed by atoms with Crippen molar-refractivity contribution in [2.24, 2.45) is 11.8 Å². The van der Waals surface area contributed by atoms with Crippen molar-refractivity contribution in [2.45, 2.75) is 69.6 Å². The molecule has 1 spiro atoms. The van der Waals surface area contributed by atoms with Crippen molar-refractivity contribution < 1.29 is 29.0 Å². The lowest BCUT2D eigenvalue weighted by atomic mass is 9.74. The van der Waals surface area contributed by atoms with Crippen LogP contribution in [0.4, 0.5) is 0 Å². The lowest BCUT2D eigenvalue weighted by Gasteiger charge is -2.37. The van der Waals surface area contributed by atoms with Crippen molar-refractivity contribution in [3.8, 4) is 0 Å². The van der Waals surface area contributed by atoms with Crippen LogP contribution in [0.25, 0.3) is 0 Å². The molecule has 0 bridgehead atoms. The number of rotatable bonds is 8. The molecule has 2 fully saturated rings. The zero-order valence-electron chi connectivity index (χ0n) is 19.7. The van der Waals surface area contributed by atoms with Crippen LogP contribution in [0.2, 0.25) is 0 Å². The molecule has 0 aliphatic carbocycles. The highest BCUT2D eigenvalue weighted by molar-refractivity contribution is 5.99. The first-order chi connectivity index (χ1) is 15.9. The number of hydrogen-bond donors (Lipinski definition) is 1. The van der Waals surface area contributed by atoms with E-state index >= 15 is 0 Å². The zero-order chi connectivity index (χ0) is 23.6. The topological polar surface area (TPSA) is 96.4 Å². The van der Waals surface area contributed by atoms with Gasteiger partial charge in [0.25, 0.3) is 0 Å². The van der Waals surface area contributed by atoms with E-state index in [1.807, 2.05) is 31.2 Å². The summed E-state index contributed by atoms with van der Waals surface area (Å²) in [6.07, 6.45) is 12.2. The number of aliphatic hydroxyl groups is 1. The van der Waals surface area contributed by atoms with Crippen molar-refractivity contribution in [3.05, 3.63) is 24.3 Å². The van der Waals surface area contributed by atoms with Crippen LogP contribution in [0.3, 0.4) is 0 Å². The van der Waals surface area contributed by atoms with E-state index in [0.717, 1.165) is 19.3 Å². The standard InChI is InChI=1S/C25H36N2O6/c1-3-4-6-13-26-14-10-12-25-18(19-23(31)32-17-9-5-11-24(19,2)33-25)21(29)27(15-7-8-16-28)20(25)22(26)30/h5,10-12,18-20,28H,3-4,6-9,13-17H2,1-2H3/t18-,19-,20?,24+,25-/m0/s1. The summed E-state index contributed by atoms with van der Waals surface area (Å²) in [4.78, 5) is 44.3. The van der Waals surface area contributed by atoms with Gasteiger partial charge in [-0.1, -0.05) is 44.1 Å². The molecule has 33 heavy (non-hydrogen) atoms. The van der Waals surface area contributed by atoms with E-state index in [-0.39, 0.29) is 25.0 Å². The molecule has 1 unspecified atom stereocenters. The van der Waals surface area contributed by atoms with Crippen LogP contribution < -0.4 is 0 Å². The highest BCUT2D eigenvalue weighted by Gasteiger charge is 2.74. The van der Waals surface area contributed by atoms with Crippen LogP contribution in [0.15, 0.2) is 24.3 Å². The van der Waals surface area contributed by atoms with Gasteiger partial charge in [-0.15, -0.1) is 0 Å². The number of likely N-dealkylation sites (tertiary alicyclic amines) is 1. The molecule has 8 nitrogen and oxygen atoms in total. The predicted octanol–water partition coefficient (Wildman–Crippen LogP) is 1.82. The molecule has 4 heterocycles. The number of unbranched alkanes of at least 4 members (excludes halogenated alkanes) is 3. The second-order valence-corrected chi connectivity index (χ2v) is 9.71. The average molecular weight is 461 g/mol. The van der Waals surface area contributed by atoms with Gasteiger partial charge in [0.1, 0.15) is 17.6 Å². The number of carbonyl (C=O) groups excluding carboxylic acids is 3. The molecule has 4 aliphatic rings. The van der Waals surface area contributed by atoms with Crippen molar-refractivity contribution in [1.82, 2.24) is 9.80 Å². The quantitative estimate of drug-likeness (QED) is 0.337. The van der Waals surface area contributed by atoms with Crippen LogP contribution in [0.1, 0.15) is 52.4 Å². The number of carbonyl (C=O) groups is 3. The summed E-state index contributed by atoms with van der Waals surface area (Å²) in [6, 6.07) is -0.833. The highest BCUT2D eigenvalue weighted by Crippen LogP contribution is 2.57. The van der Waals surface area contributed by atoms with Crippen LogP contribution in [-0.4, -0.2) is 82.8 Å². The number of ether oxygens (including phenoxy) is 2. The maximum atomic E-state index is 13.9. The fourth-order valence-electron chi connectivity index (χ4n) is 5.92. The van der Waals surface area contributed by atoms with E-state index in [1.165, 1.54) is 0 Å². The Morgan fingerprint density at radius 1 is 1.03 bits per heavy atom. The van der Waals surface area contributed by atoms with Crippen LogP contribution in [0.5, 0.6) is 0 Å². The Hall–Kier alpha value is -2.19. The molecule has 0 radical (unpaired) electrons. The van der Waals surface area contributed by atoms with Crippen molar-refractivity contribution >= 4 is 17.8 Å². The third-order valence-corrected chi connectivity index (χ3v) is 7.44. The molecule has 1 N–H and O–H groups in total. The third kappa shape index (κ3) is 4.01. The van der Waals surface area contributed by atoms with Crippen LogP contribution in [0, 0.1) is 11.8 Å². The number of aliphatic hydroxyl groups excluding tert-OH is 1. The number of nitrogens with zero attached hydrogens (tertiary/aromatic N) is 2. The second kappa shape index (κ2) is 9.58. The SMILES string of the molecule is CCCCCN1CC=C[C@]23O[C@]4(C)C=CCCOC(=O)[C@@H]4[C@H]2C(=O)N(CCCCO)C3C1=O. The van der Waals surface area contributed by atoms with Gasteiger partial charge in [-0.3, -0.25) is 14.4 Å². The lowest BCUT2D eigenvalue weighted by molar-refractivity contribution is -0.160. The Balaban J connectivity index is 1.76. The molecule has 4 aliphatic heterocycles. The number of hydrogen-bond acceptors (Lipinski definition) is 6. The van der Waals surface area contributed by atoms with Gasteiger partial charge in [0.15, 0.2) is 0 Å². The molecule has 0 aromatic rings. The molecule has 0 saturated carbocycles. The zero-order valence-corrected chi connectivity index (χ0v) is 19.7. The van der Waals surface area contributed by atoms with E-state index in [1.54, 1.807) is 9.80 Å². The molecule has 5 atom stereocenters. The van der Waals surface area contributed by atoms with Crippen LogP contribution >= 0.6 is 0 Å². The van der Waals surface area contributed by atoms with Crippen molar-refractivity contribution in [2.75, 3.05) is 32.8 Å². The number of cyclic esters (lactones) is 1. The summed E-state index contributed by atoms with van der Waals surface area (Å²) < 4.78 is 12.2. The predicted molar refractivity (Wildman–Crippen MR) is 121 cm³/mol. The summed E-state index contributed by atoms with van der Waals surface area (Å²) in [6.45, 7) is 5.63. The maximum absolute atomic E-state index is 13.9. The van der Waals surface area contributed by atoms with Gasteiger partial charge in [0.2, 0.25) is 11.8 Å². The average Bonchev–Trinajstić information content (AvgIpc) is 3.09. The third-order valence-electron chi connectivity index (χ3n) is 7.44. The number of amides is 2. The molecule has 0 aromatic heterocycles. The minimum Gasteiger partial charge on any atom is -0.465 e. The first-order valence-electron chi connectivity index (χ1n) is 12.3. The van der Waals surface area contributed by atoms with Gasteiger partial charge >= 0.3 is 5.97 Å². The molecule has 2 saturated heterocycles. The fraction of sp³-hybridized carbons (Fsp3) is 0.720. The van der Waals surface area contributed by atoms with Gasteiger partial charge in [-0.25, -0.2) is 0 Å². The largest absolute Gasteiger partial charge is 0.465 e. The summed E-state index contributed by atoms with van der Waals surface area (Å²) >= 11 is 0. The van der Waals surface area contributed by atoms with Gasteiger partial charge in [-0.05, 0) is 32.6 Å². The normalized spacial score (nSPS) is 35.6. The molecule has 2 amide bonds. The summed E-state index contributed by atoms with van der Waals surface area (Å²) in [5, 5.41) is 9.26. The van der Waals surface area contributed by atoms with E-state index in [9.17, 15) is 19.5 Å². The first kappa shape index (κ1) is 24.0. The highest BCUT2D eigenvalue weighted by atomic mass is 16.6. The van der Waals surface area contributed by atoms with Gasteiger partial charge in [0, 0.05) is 26.2 Å². The molecule has 182 valence electrons. The Morgan fingerprint density at radius 2 is 1.82 bits per heavy atom. The molecule has 0 aromatic carbocycles. The molecule has 4 rings (SSSR count). The van der Waals surface area contributed by atoms with E-state index < -0.39 is 35.0 Å². The van der Waals surface area contributed by atoms with Crippen molar-refractivity contribution in [1.29, 1.82) is 0 Å². The molecular weight excluding hydrogens is 424 g/mol. The van der Waals surface area contributed by atoms with Crippen molar-refractivity contribution in [3.63, 3.8) is 0 Å². The van der Waals surface area contributed by atoms with Gasteiger partial charge in [0.05, 0.1) is 18.1 Å². The lowest BCUT2D eigenvalue weighted by Crippen LogP contribution is -2.56. The minimum atomic E-state index is -1.22. The fourth-order valence-corrected chi connectivity index (χ4v) is 5.92. The summed E-state index contributed by atoms with van der Waals surface area (Å²) in [7, 11) is 0. The van der Waals surface area contributed by atoms with Gasteiger partial charge in [-0.2, -0.15) is 0 Å². The summed E-state index contributed by atoms with van der Waals surface area (Å²) in [5.74, 6) is -2.47. The Kier molecular flexibility index (Phi) is 6.96. The van der Waals surface area contributed by atoms with Gasteiger partial charge < -0.3 is 24.4 Å². The first-order valence-corrected chi connectivity index (χ1v) is 12.3. The van der Waals surface area contributed by atoms with E-state index in [0.29, 0.717) is 38.9 Å². The summed E-state index contributed by atoms with van der Waals surface area (Å²) in [5.41, 5.74) is -2.25. The molecule has 8 heteroatoms.